The van der Waals surface area contributed by atoms with E-state index in [4.69, 9.17) is 8.83 Å². The van der Waals surface area contributed by atoms with Gasteiger partial charge in [-0.1, -0.05) is 135 Å². The van der Waals surface area contributed by atoms with Crippen LogP contribution in [0.5, 0.6) is 0 Å². The number of hydrogen-bond acceptors (Lipinski definition) is 3. The zero-order valence-electron chi connectivity index (χ0n) is 30.3. The summed E-state index contributed by atoms with van der Waals surface area (Å²) in [4.78, 5) is 2.38. The van der Waals surface area contributed by atoms with Crippen LogP contribution >= 0.6 is 0 Å². The van der Waals surface area contributed by atoms with Gasteiger partial charge < -0.3 is 13.7 Å². The van der Waals surface area contributed by atoms with Crippen molar-refractivity contribution in [3.05, 3.63) is 180 Å². The molecule has 0 atom stereocenters. The first-order valence-corrected chi connectivity index (χ1v) is 18.9. The fraction of sp³-hybridized carbons (Fsp3) is 0.0980. The molecule has 9 aromatic rings. The first-order valence-electron chi connectivity index (χ1n) is 18.9. The maximum Gasteiger partial charge on any atom is 0.143 e. The molecule has 2 aromatic heterocycles. The third-order valence-corrected chi connectivity index (χ3v) is 11.7. The van der Waals surface area contributed by atoms with Gasteiger partial charge in [0.2, 0.25) is 0 Å². The average molecular weight is 696 g/mol. The maximum absolute atomic E-state index is 6.59. The van der Waals surface area contributed by atoms with Gasteiger partial charge in [0.1, 0.15) is 22.5 Å². The monoisotopic (exact) mass is 695 g/mol. The number of hydrogen-bond donors (Lipinski definition) is 0. The molecule has 7 aromatic carbocycles. The van der Waals surface area contributed by atoms with E-state index in [1.54, 1.807) is 0 Å². The van der Waals surface area contributed by atoms with Gasteiger partial charge in [0.05, 0.1) is 0 Å². The molecule has 0 radical (unpaired) electrons. The first kappa shape index (κ1) is 31.0. The Labute approximate surface area is 314 Å². The molecule has 0 aliphatic heterocycles. The molecule has 3 nitrogen and oxygen atoms in total. The van der Waals surface area contributed by atoms with Crippen molar-refractivity contribution >= 4 is 56.0 Å². The summed E-state index contributed by atoms with van der Waals surface area (Å²) in [5.41, 5.74) is 16.9. The van der Waals surface area contributed by atoms with Crippen molar-refractivity contribution in [1.29, 1.82) is 0 Å². The van der Waals surface area contributed by atoms with E-state index in [0.29, 0.717) is 0 Å². The Morgan fingerprint density at radius 1 is 0.519 bits per heavy atom. The molecule has 0 bridgehead atoms. The van der Waals surface area contributed by atoms with Crippen LogP contribution in [0.15, 0.2) is 167 Å². The number of aryl methyl sites for hydroxylation is 1. The zero-order valence-corrected chi connectivity index (χ0v) is 30.3. The van der Waals surface area contributed by atoms with Crippen molar-refractivity contribution in [2.75, 3.05) is 4.90 Å². The number of fused-ring (bicyclic) bond motifs is 10. The van der Waals surface area contributed by atoms with Crippen LogP contribution in [0.1, 0.15) is 42.7 Å². The van der Waals surface area contributed by atoms with Gasteiger partial charge in [0, 0.05) is 61.7 Å². The van der Waals surface area contributed by atoms with Gasteiger partial charge in [0.25, 0.3) is 0 Å². The molecule has 258 valence electrons. The third kappa shape index (κ3) is 4.61. The second-order valence-electron chi connectivity index (χ2n) is 15.2. The van der Waals surface area contributed by atoms with Crippen molar-refractivity contribution in [3.8, 4) is 33.4 Å². The minimum absolute atomic E-state index is 0.212. The van der Waals surface area contributed by atoms with Crippen LogP contribution in [-0.4, -0.2) is 0 Å². The minimum Gasteiger partial charge on any atom is -0.460 e. The Bertz CT molecular complexity index is 2940. The predicted molar refractivity (Wildman–Crippen MR) is 224 cm³/mol. The molecule has 0 unspecified atom stereocenters. The normalized spacial score (nSPS) is 14.0. The summed E-state index contributed by atoms with van der Waals surface area (Å²) in [5, 5.41) is 3.51. The molecule has 2 aliphatic carbocycles. The Morgan fingerprint density at radius 2 is 1.22 bits per heavy atom. The van der Waals surface area contributed by atoms with E-state index < -0.39 is 0 Å². The van der Waals surface area contributed by atoms with Gasteiger partial charge >= 0.3 is 0 Å². The molecule has 0 N–H and O–H groups in total. The van der Waals surface area contributed by atoms with Crippen LogP contribution in [0.25, 0.3) is 72.4 Å². The highest BCUT2D eigenvalue weighted by molar-refractivity contribution is 6.12. The van der Waals surface area contributed by atoms with Gasteiger partial charge in [-0.15, -0.1) is 0 Å². The molecule has 0 saturated carbocycles. The van der Waals surface area contributed by atoms with E-state index >= 15 is 0 Å². The number of anilines is 3. The molecule has 11 rings (SSSR count). The lowest BCUT2D eigenvalue weighted by Crippen LogP contribution is -2.16. The highest BCUT2D eigenvalue weighted by atomic mass is 16.3. The molecular weight excluding hydrogens is 659 g/mol. The van der Waals surface area contributed by atoms with E-state index in [1.165, 1.54) is 49.7 Å². The Kier molecular flexibility index (Phi) is 6.72. The van der Waals surface area contributed by atoms with Gasteiger partial charge in [-0.05, 0) is 82.3 Å². The van der Waals surface area contributed by atoms with Gasteiger partial charge in [0.15, 0.2) is 0 Å². The van der Waals surface area contributed by atoms with Crippen molar-refractivity contribution in [2.24, 2.45) is 0 Å². The second-order valence-corrected chi connectivity index (χ2v) is 15.2. The lowest BCUT2D eigenvalue weighted by molar-refractivity contribution is 0.547. The summed E-state index contributed by atoms with van der Waals surface area (Å²) in [6.07, 6.45) is 6.43. The van der Waals surface area contributed by atoms with Gasteiger partial charge in [-0.3, -0.25) is 0 Å². The first-order chi connectivity index (χ1) is 26.5. The molecular formula is C51H37NO2. The minimum atomic E-state index is -0.212. The van der Waals surface area contributed by atoms with Crippen LogP contribution in [-0.2, 0) is 11.8 Å². The molecule has 54 heavy (non-hydrogen) atoms. The standard InChI is InChI=1S/C51H37NO2/c1-51(2)44-30-29-42-40-14-7-9-18-47(40)54-50(42)48(44)43-28-27-37(31-45(43)51)52(35-23-19-33(20-24-35)32-11-4-3-5-12-32)36-25-21-34(22-26-36)38-15-10-16-41-39-13-6-8-17-46(39)53-49(38)41/h3-7,9-16,18-31H,8,17H2,1-2H3. The van der Waals surface area contributed by atoms with Crippen molar-refractivity contribution in [2.45, 2.75) is 32.1 Å². The number of allylic oxidation sites excluding steroid dienone is 1. The van der Waals surface area contributed by atoms with E-state index in [1.807, 2.05) is 6.07 Å². The molecule has 2 heterocycles. The molecule has 2 aliphatic rings. The largest absolute Gasteiger partial charge is 0.460 e. The zero-order chi connectivity index (χ0) is 36.0. The summed E-state index contributed by atoms with van der Waals surface area (Å²) in [7, 11) is 0. The third-order valence-electron chi connectivity index (χ3n) is 11.7. The Morgan fingerprint density at radius 3 is 2.04 bits per heavy atom. The number of para-hydroxylation sites is 2. The summed E-state index contributed by atoms with van der Waals surface area (Å²) in [6, 6.07) is 54.8. The van der Waals surface area contributed by atoms with E-state index in [2.05, 4.69) is 176 Å². The van der Waals surface area contributed by atoms with Crippen molar-refractivity contribution in [3.63, 3.8) is 0 Å². The molecule has 0 fully saturated rings. The SMILES string of the molecule is CC1(C)c2cc(N(c3ccc(-c4ccccc4)cc3)c3ccc(-c4cccc5c6c(oc45)CCC=C6)cc3)ccc2-c2c1ccc1c2oc2ccccc21. The topological polar surface area (TPSA) is 29.5 Å². The Hall–Kier alpha value is -6.58. The number of nitrogens with zero attached hydrogens (tertiary/aromatic N) is 1. The predicted octanol–water partition coefficient (Wildman–Crippen LogP) is 14.4. The Balaban J connectivity index is 1.04. The maximum atomic E-state index is 6.59. The van der Waals surface area contributed by atoms with E-state index in [-0.39, 0.29) is 5.41 Å². The fourth-order valence-corrected chi connectivity index (χ4v) is 9.00. The summed E-state index contributed by atoms with van der Waals surface area (Å²) >= 11 is 0. The highest BCUT2D eigenvalue weighted by Gasteiger charge is 2.38. The van der Waals surface area contributed by atoms with Crippen LogP contribution in [0.4, 0.5) is 17.1 Å². The van der Waals surface area contributed by atoms with Gasteiger partial charge in [-0.2, -0.15) is 0 Å². The fourth-order valence-electron chi connectivity index (χ4n) is 9.00. The molecule has 0 saturated heterocycles. The van der Waals surface area contributed by atoms with E-state index in [0.717, 1.165) is 68.9 Å². The van der Waals surface area contributed by atoms with Crippen LogP contribution in [0, 0.1) is 0 Å². The lowest BCUT2D eigenvalue weighted by Gasteiger charge is -2.28. The van der Waals surface area contributed by atoms with Crippen LogP contribution < -0.4 is 4.90 Å². The lowest BCUT2D eigenvalue weighted by atomic mass is 9.82. The summed E-state index contributed by atoms with van der Waals surface area (Å²) < 4.78 is 13.1. The summed E-state index contributed by atoms with van der Waals surface area (Å²) in [6.45, 7) is 4.68. The van der Waals surface area contributed by atoms with Crippen LogP contribution in [0.2, 0.25) is 0 Å². The van der Waals surface area contributed by atoms with Crippen LogP contribution in [0.3, 0.4) is 0 Å². The quantitative estimate of drug-likeness (QED) is 0.179. The summed E-state index contributed by atoms with van der Waals surface area (Å²) in [5.74, 6) is 1.09. The average Bonchev–Trinajstić information content (AvgIpc) is 3.87. The molecule has 3 heteroatoms. The van der Waals surface area contributed by atoms with Crippen molar-refractivity contribution < 1.29 is 8.83 Å². The van der Waals surface area contributed by atoms with Gasteiger partial charge in [-0.25, -0.2) is 0 Å². The molecule has 0 amide bonds. The smallest absolute Gasteiger partial charge is 0.143 e. The highest BCUT2D eigenvalue weighted by Crippen LogP contribution is 2.54. The van der Waals surface area contributed by atoms with Crippen molar-refractivity contribution in [1.82, 2.24) is 0 Å². The number of benzene rings is 7. The second kappa shape index (κ2) is 11.7. The molecule has 0 spiro atoms. The number of furan rings is 2. The van der Waals surface area contributed by atoms with E-state index in [9.17, 15) is 0 Å². The number of rotatable bonds is 5.